The van der Waals surface area contributed by atoms with Crippen molar-refractivity contribution in [3.05, 3.63) is 82.0 Å². The van der Waals surface area contributed by atoms with Crippen molar-refractivity contribution in [2.75, 3.05) is 17.7 Å². The van der Waals surface area contributed by atoms with Crippen molar-refractivity contribution in [3.63, 3.8) is 0 Å². The van der Waals surface area contributed by atoms with E-state index in [1.165, 1.54) is 44.4 Å². The fraction of sp³-hybridized carbons (Fsp3) is 0.143. The van der Waals surface area contributed by atoms with Crippen molar-refractivity contribution in [1.29, 1.82) is 0 Å². The molecule has 0 aliphatic carbocycles. The van der Waals surface area contributed by atoms with Crippen LogP contribution in [0.3, 0.4) is 0 Å². The molecule has 2 amide bonds. The number of benzene rings is 2. The number of carbonyl (C=O) groups excluding carboxylic acids is 2. The van der Waals surface area contributed by atoms with E-state index in [0.29, 0.717) is 22.7 Å². The Kier molecular flexibility index (Phi) is 6.21. The van der Waals surface area contributed by atoms with Gasteiger partial charge in [0.25, 0.3) is 11.5 Å². The van der Waals surface area contributed by atoms with Crippen molar-refractivity contribution < 1.29 is 18.7 Å². The van der Waals surface area contributed by atoms with Gasteiger partial charge in [-0.2, -0.15) is 5.10 Å². The summed E-state index contributed by atoms with van der Waals surface area (Å²) in [4.78, 5) is 36.1. The number of hydrogen-bond donors (Lipinski definition) is 2. The van der Waals surface area contributed by atoms with Gasteiger partial charge < -0.3 is 15.4 Å². The fourth-order valence-electron chi connectivity index (χ4n) is 2.76. The van der Waals surface area contributed by atoms with E-state index in [1.807, 2.05) is 0 Å². The van der Waals surface area contributed by atoms with E-state index in [4.69, 9.17) is 4.74 Å². The quantitative estimate of drug-likeness (QED) is 0.651. The van der Waals surface area contributed by atoms with Gasteiger partial charge in [-0.1, -0.05) is 12.1 Å². The van der Waals surface area contributed by atoms with Gasteiger partial charge in [-0.15, -0.1) is 0 Å². The van der Waals surface area contributed by atoms with Crippen molar-refractivity contribution in [1.82, 2.24) is 9.78 Å². The lowest BCUT2D eigenvalue weighted by Crippen LogP contribution is -2.26. The Labute approximate surface area is 171 Å². The molecule has 9 heteroatoms. The van der Waals surface area contributed by atoms with Crippen LogP contribution in [0.5, 0.6) is 5.75 Å². The summed E-state index contributed by atoms with van der Waals surface area (Å²) in [7, 11) is 1.44. The maximum atomic E-state index is 13.4. The highest BCUT2D eigenvalue weighted by atomic mass is 19.1. The highest BCUT2D eigenvalue weighted by Crippen LogP contribution is 2.28. The number of nitrogens with one attached hydrogen (secondary N) is 2. The first kappa shape index (κ1) is 20.7. The van der Waals surface area contributed by atoms with Crippen LogP contribution in [0.25, 0.3) is 0 Å². The van der Waals surface area contributed by atoms with Crippen molar-refractivity contribution >= 4 is 23.2 Å². The minimum Gasteiger partial charge on any atom is -0.495 e. The summed E-state index contributed by atoms with van der Waals surface area (Å²) in [6.07, 6.45) is 0. The summed E-state index contributed by atoms with van der Waals surface area (Å²) in [6.45, 7) is 1.38. The smallest absolute Gasteiger partial charge is 0.276 e. The second-order valence-corrected chi connectivity index (χ2v) is 6.39. The lowest BCUT2D eigenvalue weighted by molar-refractivity contribution is -0.114. The topological polar surface area (TPSA) is 102 Å². The number of anilines is 2. The second kappa shape index (κ2) is 8.99. The van der Waals surface area contributed by atoms with Crippen LogP contribution in [-0.2, 0) is 11.3 Å². The Hall–Kier alpha value is -4.01. The van der Waals surface area contributed by atoms with Crippen molar-refractivity contribution in [2.45, 2.75) is 13.5 Å². The zero-order valence-electron chi connectivity index (χ0n) is 16.3. The first-order valence-electron chi connectivity index (χ1n) is 8.95. The van der Waals surface area contributed by atoms with Crippen LogP contribution in [0.4, 0.5) is 15.8 Å². The number of ether oxygens (including phenoxy) is 1. The normalized spacial score (nSPS) is 10.4. The molecule has 0 saturated carbocycles. The average molecular weight is 410 g/mol. The predicted molar refractivity (Wildman–Crippen MR) is 109 cm³/mol. The van der Waals surface area contributed by atoms with Crippen molar-refractivity contribution in [3.8, 4) is 5.75 Å². The molecule has 0 saturated heterocycles. The summed E-state index contributed by atoms with van der Waals surface area (Å²) in [6, 6.07) is 13.1. The molecule has 0 spiro atoms. The molecule has 3 rings (SSSR count). The number of aromatic nitrogens is 2. The molecule has 2 aromatic carbocycles. The molecule has 0 bridgehead atoms. The average Bonchev–Trinajstić information content (AvgIpc) is 2.69. The van der Waals surface area contributed by atoms with E-state index in [0.717, 1.165) is 4.68 Å². The molecule has 30 heavy (non-hydrogen) atoms. The molecule has 1 heterocycles. The molecule has 0 fully saturated rings. The van der Waals surface area contributed by atoms with Gasteiger partial charge in [0.05, 0.1) is 19.3 Å². The van der Waals surface area contributed by atoms with E-state index in [9.17, 15) is 18.8 Å². The first-order valence-corrected chi connectivity index (χ1v) is 8.95. The molecule has 0 aliphatic heterocycles. The SMILES string of the molecule is COc1ccc(NC(C)=O)cc1NC(=O)c1ccc(=O)n(Cc2cccc(F)c2)n1. The summed E-state index contributed by atoms with van der Waals surface area (Å²) in [5, 5.41) is 9.36. The van der Waals surface area contributed by atoms with E-state index in [1.54, 1.807) is 24.3 Å². The van der Waals surface area contributed by atoms with Crippen LogP contribution in [0.2, 0.25) is 0 Å². The molecular weight excluding hydrogens is 391 g/mol. The molecule has 3 aromatic rings. The molecule has 154 valence electrons. The zero-order chi connectivity index (χ0) is 21.7. The van der Waals surface area contributed by atoms with E-state index in [-0.39, 0.29) is 18.1 Å². The van der Waals surface area contributed by atoms with E-state index < -0.39 is 17.3 Å². The molecule has 0 unspecified atom stereocenters. The van der Waals surface area contributed by atoms with Gasteiger partial charge in [-0.05, 0) is 42.0 Å². The minimum absolute atomic E-state index is 0.0129. The molecule has 1 aromatic heterocycles. The largest absolute Gasteiger partial charge is 0.495 e. The van der Waals surface area contributed by atoms with Crippen LogP contribution < -0.4 is 20.9 Å². The summed E-state index contributed by atoms with van der Waals surface area (Å²) >= 11 is 0. The Morgan fingerprint density at radius 2 is 1.90 bits per heavy atom. The Morgan fingerprint density at radius 3 is 2.60 bits per heavy atom. The van der Waals surface area contributed by atoms with E-state index in [2.05, 4.69) is 15.7 Å². The van der Waals surface area contributed by atoms with Gasteiger partial charge in [0, 0.05) is 18.7 Å². The second-order valence-electron chi connectivity index (χ2n) is 6.39. The number of carbonyl (C=O) groups is 2. The van der Waals surface area contributed by atoms with E-state index >= 15 is 0 Å². The molecule has 0 atom stereocenters. The standard InChI is InChI=1S/C21H19FN4O4/c1-13(27)23-16-6-8-19(30-2)18(11-16)24-21(29)17-7-9-20(28)26(25-17)12-14-4-3-5-15(22)10-14/h3-11H,12H2,1-2H3,(H,23,27)(H,24,29). The van der Waals surface area contributed by atoms with Gasteiger partial charge >= 0.3 is 0 Å². The highest BCUT2D eigenvalue weighted by Gasteiger charge is 2.14. The van der Waals surface area contributed by atoms with Gasteiger partial charge in [0.15, 0.2) is 0 Å². The monoisotopic (exact) mass is 410 g/mol. The Morgan fingerprint density at radius 1 is 1.10 bits per heavy atom. The summed E-state index contributed by atoms with van der Waals surface area (Å²) in [5.41, 5.74) is 0.881. The number of nitrogens with zero attached hydrogens (tertiary/aromatic N) is 2. The van der Waals surface area contributed by atoms with Crippen LogP contribution in [-0.4, -0.2) is 28.7 Å². The predicted octanol–water partition coefficient (Wildman–Crippen LogP) is 2.65. The molecule has 8 nitrogen and oxygen atoms in total. The Balaban J connectivity index is 1.85. The lowest BCUT2D eigenvalue weighted by atomic mass is 10.2. The molecular formula is C21H19FN4O4. The molecule has 0 aliphatic rings. The number of rotatable bonds is 6. The number of methoxy groups -OCH3 is 1. The van der Waals surface area contributed by atoms with Crippen LogP contribution in [0.1, 0.15) is 23.0 Å². The molecule has 0 radical (unpaired) electrons. The first-order chi connectivity index (χ1) is 14.4. The maximum absolute atomic E-state index is 13.4. The van der Waals surface area contributed by atoms with Crippen molar-refractivity contribution in [2.24, 2.45) is 0 Å². The third kappa shape index (κ3) is 5.07. The van der Waals surface area contributed by atoms with Gasteiger partial charge in [0.1, 0.15) is 17.3 Å². The highest BCUT2D eigenvalue weighted by molar-refractivity contribution is 6.04. The fourth-order valence-corrected chi connectivity index (χ4v) is 2.76. The van der Waals surface area contributed by atoms with Gasteiger partial charge in [-0.25, -0.2) is 9.07 Å². The zero-order valence-corrected chi connectivity index (χ0v) is 16.3. The number of amides is 2. The lowest BCUT2D eigenvalue weighted by Gasteiger charge is -2.13. The number of hydrogen-bond acceptors (Lipinski definition) is 5. The van der Waals surface area contributed by atoms with Crippen LogP contribution in [0, 0.1) is 5.82 Å². The minimum atomic E-state index is -0.582. The van der Waals surface area contributed by atoms with Gasteiger partial charge in [0.2, 0.25) is 5.91 Å². The third-order valence-corrected chi connectivity index (χ3v) is 4.09. The Bertz CT molecular complexity index is 1160. The van der Waals surface area contributed by atoms with Gasteiger partial charge in [-0.3, -0.25) is 14.4 Å². The van der Waals surface area contributed by atoms with Crippen LogP contribution >= 0.6 is 0 Å². The maximum Gasteiger partial charge on any atom is 0.276 e. The summed E-state index contributed by atoms with van der Waals surface area (Å²) < 4.78 is 19.7. The third-order valence-electron chi connectivity index (χ3n) is 4.09. The number of halogens is 1. The summed E-state index contributed by atoms with van der Waals surface area (Å²) in [5.74, 6) is -0.893. The van der Waals surface area contributed by atoms with Crippen LogP contribution in [0.15, 0.2) is 59.4 Å². The molecule has 2 N–H and O–H groups in total.